The maximum Gasteiger partial charge on any atom is 0.0940 e. The molecule has 0 bridgehead atoms. The Balaban J connectivity index is 6.23. The van der Waals surface area contributed by atoms with Crippen molar-refractivity contribution in [3.05, 3.63) is 0 Å². The Kier molecular flexibility index (Phi) is 6.97. The van der Waals surface area contributed by atoms with Gasteiger partial charge in [0.25, 0.3) is 0 Å². The SMILES string of the molecule is CCC(C)(C)[N+](CCC(C)O)(C(C)(C)CC)C(C)(C)CC. The van der Waals surface area contributed by atoms with Crippen LogP contribution >= 0.6 is 0 Å². The van der Waals surface area contributed by atoms with Crippen molar-refractivity contribution in [3.63, 3.8) is 0 Å². The molecule has 0 radical (unpaired) electrons. The van der Waals surface area contributed by atoms with Gasteiger partial charge in [0.2, 0.25) is 0 Å². The number of hydrogen-bond acceptors (Lipinski definition) is 1. The lowest BCUT2D eigenvalue weighted by molar-refractivity contribution is -1.05. The molecule has 1 N–H and O–H groups in total. The van der Waals surface area contributed by atoms with Crippen molar-refractivity contribution < 1.29 is 9.59 Å². The van der Waals surface area contributed by atoms with Crippen LogP contribution < -0.4 is 0 Å². The van der Waals surface area contributed by atoms with Gasteiger partial charge in [-0.05, 0) is 67.7 Å². The van der Waals surface area contributed by atoms with E-state index in [0.29, 0.717) is 0 Å². The predicted molar refractivity (Wildman–Crippen MR) is 94.5 cm³/mol. The third kappa shape index (κ3) is 3.64. The molecule has 1 atom stereocenters. The summed E-state index contributed by atoms with van der Waals surface area (Å²) in [5, 5.41) is 9.92. The van der Waals surface area contributed by atoms with Crippen LogP contribution in [-0.4, -0.2) is 38.9 Å². The fourth-order valence-electron chi connectivity index (χ4n) is 4.56. The highest BCUT2D eigenvalue weighted by Crippen LogP contribution is 2.48. The first-order valence-electron chi connectivity index (χ1n) is 8.91. The second-order valence-electron chi connectivity index (χ2n) is 8.67. The maximum atomic E-state index is 9.92. The smallest absolute Gasteiger partial charge is 0.0940 e. The number of hydrogen-bond donors (Lipinski definition) is 1. The van der Waals surface area contributed by atoms with E-state index in [1.165, 1.54) is 0 Å². The zero-order chi connectivity index (χ0) is 17.1. The van der Waals surface area contributed by atoms with Gasteiger partial charge in [-0.3, -0.25) is 0 Å². The van der Waals surface area contributed by atoms with Gasteiger partial charge in [0, 0.05) is 6.42 Å². The van der Waals surface area contributed by atoms with Gasteiger partial charge in [-0.2, -0.15) is 0 Å². The monoisotopic (exact) mass is 300 g/mol. The molecule has 0 aromatic heterocycles. The lowest BCUT2D eigenvalue weighted by Crippen LogP contribution is -2.78. The highest BCUT2D eigenvalue weighted by atomic mass is 16.3. The lowest BCUT2D eigenvalue weighted by Gasteiger charge is -2.66. The summed E-state index contributed by atoms with van der Waals surface area (Å²) < 4.78 is 1.07. The fourth-order valence-corrected chi connectivity index (χ4v) is 4.56. The molecule has 0 heterocycles. The summed E-state index contributed by atoms with van der Waals surface area (Å²) in [6.45, 7) is 24.4. The summed E-state index contributed by atoms with van der Waals surface area (Å²) in [6.07, 6.45) is 4.10. The van der Waals surface area contributed by atoms with Gasteiger partial charge in [0.15, 0.2) is 0 Å². The van der Waals surface area contributed by atoms with Crippen molar-refractivity contribution in [2.75, 3.05) is 6.54 Å². The van der Waals surface area contributed by atoms with Crippen molar-refractivity contribution in [2.45, 2.75) is 118 Å². The van der Waals surface area contributed by atoms with Gasteiger partial charge in [0.1, 0.15) is 0 Å². The van der Waals surface area contributed by atoms with E-state index in [4.69, 9.17) is 0 Å². The molecule has 0 aliphatic carbocycles. The van der Waals surface area contributed by atoms with Crippen LogP contribution in [0.25, 0.3) is 0 Å². The molecule has 0 rings (SSSR count). The van der Waals surface area contributed by atoms with Gasteiger partial charge in [-0.25, -0.2) is 0 Å². The Hall–Kier alpha value is -0.0800. The van der Waals surface area contributed by atoms with E-state index in [-0.39, 0.29) is 22.7 Å². The van der Waals surface area contributed by atoms with E-state index >= 15 is 0 Å². The Morgan fingerprint density at radius 1 is 0.762 bits per heavy atom. The van der Waals surface area contributed by atoms with Crippen LogP contribution in [0.3, 0.4) is 0 Å². The number of quaternary nitrogens is 1. The molecule has 0 fully saturated rings. The molecule has 0 amide bonds. The molecular formula is C19H42NO+. The molecule has 2 heteroatoms. The van der Waals surface area contributed by atoms with Gasteiger partial charge in [0.05, 0.1) is 29.3 Å². The zero-order valence-corrected chi connectivity index (χ0v) is 16.5. The third-order valence-corrected chi connectivity index (χ3v) is 6.58. The minimum Gasteiger partial charge on any atom is -0.393 e. The topological polar surface area (TPSA) is 20.2 Å². The van der Waals surface area contributed by atoms with Crippen LogP contribution in [0.5, 0.6) is 0 Å². The Bertz CT molecular complexity index is 275. The third-order valence-electron chi connectivity index (χ3n) is 6.58. The van der Waals surface area contributed by atoms with E-state index in [1.807, 2.05) is 6.92 Å². The normalized spacial score (nSPS) is 16.1. The van der Waals surface area contributed by atoms with Gasteiger partial charge < -0.3 is 9.59 Å². The molecule has 0 saturated heterocycles. The number of aliphatic hydroxyl groups is 1. The fraction of sp³-hybridized carbons (Fsp3) is 1.00. The van der Waals surface area contributed by atoms with E-state index in [1.54, 1.807) is 0 Å². The Morgan fingerprint density at radius 3 is 1.24 bits per heavy atom. The van der Waals surface area contributed by atoms with Crippen LogP contribution in [0.4, 0.5) is 0 Å². The van der Waals surface area contributed by atoms with E-state index in [2.05, 4.69) is 62.3 Å². The molecule has 21 heavy (non-hydrogen) atoms. The molecule has 0 saturated carbocycles. The van der Waals surface area contributed by atoms with Crippen LogP contribution in [0.15, 0.2) is 0 Å². The molecule has 2 nitrogen and oxygen atoms in total. The van der Waals surface area contributed by atoms with E-state index < -0.39 is 0 Å². The Morgan fingerprint density at radius 2 is 1.05 bits per heavy atom. The van der Waals surface area contributed by atoms with Gasteiger partial charge in [-0.15, -0.1) is 0 Å². The first-order chi connectivity index (χ1) is 9.35. The van der Waals surface area contributed by atoms with Crippen LogP contribution in [0.2, 0.25) is 0 Å². The van der Waals surface area contributed by atoms with Crippen molar-refractivity contribution >= 4 is 0 Å². The van der Waals surface area contributed by atoms with Crippen LogP contribution in [0, 0.1) is 0 Å². The van der Waals surface area contributed by atoms with Crippen molar-refractivity contribution in [1.82, 2.24) is 0 Å². The zero-order valence-electron chi connectivity index (χ0n) is 16.5. The largest absolute Gasteiger partial charge is 0.393 e. The second-order valence-corrected chi connectivity index (χ2v) is 8.67. The molecular weight excluding hydrogens is 258 g/mol. The van der Waals surface area contributed by atoms with E-state index in [0.717, 1.165) is 36.7 Å². The minimum atomic E-state index is -0.226. The van der Waals surface area contributed by atoms with Gasteiger partial charge in [-0.1, -0.05) is 20.8 Å². The van der Waals surface area contributed by atoms with Crippen molar-refractivity contribution in [1.29, 1.82) is 0 Å². The average Bonchev–Trinajstić information content (AvgIpc) is 2.38. The molecule has 0 spiro atoms. The summed E-state index contributed by atoms with van der Waals surface area (Å²) >= 11 is 0. The quantitative estimate of drug-likeness (QED) is 0.585. The summed E-state index contributed by atoms with van der Waals surface area (Å²) in [5.41, 5.74) is 0.565. The van der Waals surface area contributed by atoms with Crippen LogP contribution in [0.1, 0.15) is 94.9 Å². The second kappa shape index (κ2) is 7.00. The maximum absolute atomic E-state index is 9.92. The lowest BCUT2D eigenvalue weighted by atomic mass is 9.75. The van der Waals surface area contributed by atoms with Crippen molar-refractivity contribution in [3.8, 4) is 0 Å². The molecule has 0 aromatic rings. The molecule has 0 aromatic carbocycles. The molecule has 0 aliphatic heterocycles. The minimum absolute atomic E-state index is 0.188. The highest BCUT2D eigenvalue weighted by molar-refractivity contribution is 4.87. The molecule has 1 unspecified atom stereocenters. The van der Waals surface area contributed by atoms with Crippen molar-refractivity contribution in [2.24, 2.45) is 0 Å². The number of nitrogens with zero attached hydrogens (tertiary/aromatic N) is 1. The molecule has 0 aliphatic rings. The summed E-state index contributed by atoms with van der Waals surface area (Å²) in [7, 11) is 0. The number of aliphatic hydroxyl groups excluding tert-OH is 1. The Labute approximate surface area is 134 Å². The summed E-state index contributed by atoms with van der Waals surface area (Å²) in [4.78, 5) is 0. The van der Waals surface area contributed by atoms with E-state index in [9.17, 15) is 5.11 Å². The standard InChI is InChI=1S/C19H42NO/c1-11-17(5,6)20(15-14-16(4)21,18(7,8)12-2)19(9,10)13-3/h16,21H,11-15H2,1-10H3/q+1. The first-order valence-corrected chi connectivity index (χ1v) is 8.91. The summed E-state index contributed by atoms with van der Waals surface area (Å²) in [5.74, 6) is 0. The first kappa shape index (κ1) is 20.9. The van der Waals surface area contributed by atoms with Gasteiger partial charge >= 0.3 is 0 Å². The van der Waals surface area contributed by atoms with Crippen LogP contribution in [-0.2, 0) is 0 Å². The summed E-state index contributed by atoms with van der Waals surface area (Å²) in [6, 6.07) is 0. The molecule has 128 valence electrons. The predicted octanol–water partition coefficient (Wildman–Crippen LogP) is 5.14. The average molecular weight is 301 g/mol. The number of rotatable bonds is 9. The highest BCUT2D eigenvalue weighted by Gasteiger charge is 2.59.